The number of aliphatic carboxylic acids is 1. The highest BCUT2D eigenvalue weighted by Crippen LogP contribution is 2.36. The smallest absolute Gasteiger partial charge is 0.329 e. The van der Waals surface area contributed by atoms with E-state index in [0.717, 1.165) is 60.3 Å². The summed E-state index contributed by atoms with van der Waals surface area (Å²) in [5, 5.41) is 13.8. The van der Waals surface area contributed by atoms with Crippen LogP contribution in [-0.4, -0.2) is 40.2 Å². The summed E-state index contributed by atoms with van der Waals surface area (Å²) < 4.78 is 21.5. The summed E-state index contributed by atoms with van der Waals surface area (Å²) in [7, 11) is 0. The number of aromatic nitrogens is 2. The number of hydrogen-bond acceptors (Lipinski definition) is 3. The van der Waals surface area contributed by atoms with Crippen LogP contribution in [0.2, 0.25) is 0 Å². The summed E-state index contributed by atoms with van der Waals surface area (Å²) in [5.41, 5.74) is 5.28. The number of halogens is 1. The standard InChI is InChI=1S/C27H33FN2O3/c1-18-14-23(12-13-24(18)28)27-26(22-6-4-3-5-7-22)19(2)30(29-27)15-20-8-10-21(11-9-20)16-33-17-25(31)32/h3-7,12-14,18,20-21,24H,8-11,15-17H2,1-2H3,(H,31,32). The lowest BCUT2D eigenvalue weighted by Crippen LogP contribution is -2.23. The first-order valence-corrected chi connectivity index (χ1v) is 11.9. The lowest BCUT2D eigenvalue weighted by molar-refractivity contribution is -0.142. The maximum Gasteiger partial charge on any atom is 0.329 e. The van der Waals surface area contributed by atoms with Crippen LogP contribution in [0, 0.1) is 24.7 Å². The number of alkyl halides is 1. The molecule has 0 amide bonds. The minimum Gasteiger partial charge on any atom is -0.480 e. The van der Waals surface area contributed by atoms with Crippen molar-refractivity contribution in [2.45, 2.75) is 52.2 Å². The van der Waals surface area contributed by atoms with Crippen molar-refractivity contribution < 1.29 is 19.0 Å². The molecule has 1 aromatic heterocycles. The molecule has 5 nitrogen and oxygen atoms in total. The van der Waals surface area contributed by atoms with E-state index >= 15 is 0 Å². The lowest BCUT2D eigenvalue weighted by atomic mass is 9.82. The maximum absolute atomic E-state index is 14.0. The fraction of sp³-hybridized carbons (Fsp3) is 0.481. The van der Waals surface area contributed by atoms with Gasteiger partial charge in [-0.15, -0.1) is 0 Å². The highest BCUT2D eigenvalue weighted by atomic mass is 19.1. The van der Waals surface area contributed by atoms with Crippen molar-refractivity contribution >= 4 is 11.5 Å². The molecule has 2 aliphatic rings. The van der Waals surface area contributed by atoms with E-state index in [-0.39, 0.29) is 12.5 Å². The highest BCUT2D eigenvalue weighted by Gasteiger charge is 2.26. The third-order valence-electron chi connectivity index (χ3n) is 6.92. The van der Waals surface area contributed by atoms with Crippen LogP contribution >= 0.6 is 0 Å². The number of carbonyl (C=O) groups is 1. The van der Waals surface area contributed by atoms with E-state index in [4.69, 9.17) is 14.9 Å². The maximum atomic E-state index is 14.0. The molecule has 0 radical (unpaired) electrons. The lowest BCUT2D eigenvalue weighted by Gasteiger charge is -2.28. The summed E-state index contributed by atoms with van der Waals surface area (Å²) in [6.07, 6.45) is 8.80. The van der Waals surface area contributed by atoms with Gasteiger partial charge in [0.2, 0.25) is 0 Å². The monoisotopic (exact) mass is 452 g/mol. The Labute approximate surface area is 195 Å². The van der Waals surface area contributed by atoms with Gasteiger partial charge < -0.3 is 9.84 Å². The molecular weight excluding hydrogens is 419 g/mol. The van der Waals surface area contributed by atoms with Gasteiger partial charge in [0, 0.05) is 23.7 Å². The molecule has 1 N–H and O–H groups in total. The number of benzene rings is 1. The summed E-state index contributed by atoms with van der Waals surface area (Å²) in [6.45, 7) is 5.18. The molecule has 0 spiro atoms. The van der Waals surface area contributed by atoms with Crippen molar-refractivity contribution in [3.05, 3.63) is 59.9 Å². The normalized spacial score (nSPS) is 25.1. The molecule has 0 bridgehead atoms. The largest absolute Gasteiger partial charge is 0.480 e. The van der Waals surface area contributed by atoms with Gasteiger partial charge in [0.05, 0.1) is 6.61 Å². The average molecular weight is 453 g/mol. The second-order valence-corrected chi connectivity index (χ2v) is 9.44. The summed E-state index contributed by atoms with van der Waals surface area (Å²) >= 11 is 0. The molecular formula is C27H33FN2O3. The van der Waals surface area contributed by atoms with Gasteiger partial charge in [-0.1, -0.05) is 49.4 Å². The Hall–Kier alpha value is -2.73. The number of nitrogens with zero attached hydrogens (tertiary/aromatic N) is 2. The van der Waals surface area contributed by atoms with Crippen LogP contribution in [0.5, 0.6) is 0 Å². The van der Waals surface area contributed by atoms with E-state index in [1.165, 1.54) is 0 Å². The molecule has 1 saturated carbocycles. The van der Waals surface area contributed by atoms with Crippen LogP contribution in [0.25, 0.3) is 16.7 Å². The SMILES string of the molecule is Cc1c(-c2ccccc2)c(C2=CC(C)C(F)C=C2)nn1CC1CCC(COCC(=O)O)CC1. The Bertz CT molecular complexity index is 1020. The van der Waals surface area contributed by atoms with E-state index in [2.05, 4.69) is 23.7 Å². The van der Waals surface area contributed by atoms with Crippen molar-refractivity contribution in [1.29, 1.82) is 0 Å². The summed E-state index contributed by atoms with van der Waals surface area (Å²) in [4.78, 5) is 10.6. The van der Waals surface area contributed by atoms with Crippen LogP contribution in [0.4, 0.5) is 4.39 Å². The fourth-order valence-corrected chi connectivity index (χ4v) is 4.97. The molecule has 0 aliphatic heterocycles. The van der Waals surface area contributed by atoms with Crippen molar-refractivity contribution in [1.82, 2.24) is 9.78 Å². The van der Waals surface area contributed by atoms with Crippen LogP contribution in [0.1, 0.15) is 44.0 Å². The number of ether oxygens (including phenoxy) is 1. The fourth-order valence-electron chi connectivity index (χ4n) is 4.97. The molecule has 2 unspecified atom stereocenters. The van der Waals surface area contributed by atoms with Gasteiger partial charge >= 0.3 is 5.97 Å². The van der Waals surface area contributed by atoms with Gasteiger partial charge in [-0.25, -0.2) is 9.18 Å². The molecule has 1 heterocycles. The molecule has 1 fully saturated rings. The highest BCUT2D eigenvalue weighted by molar-refractivity contribution is 5.85. The van der Waals surface area contributed by atoms with Crippen molar-refractivity contribution in [3.8, 4) is 11.1 Å². The molecule has 2 aliphatic carbocycles. The van der Waals surface area contributed by atoms with Crippen molar-refractivity contribution in [2.75, 3.05) is 13.2 Å². The zero-order chi connectivity index (χ0) is 23.4. The van der Waals surface area contributed by atoms with E-state index < -0.39 is 12.1 Å². The van der Waals surface area contributed by atoms with Gasteiger partial charge in [-0.05, 0) is 61.7 Å². The predicted octanol–water partition coefficient (Wildman–Crippen LogP) is 5.69. The minimum atomic E-state index is -0.952. The zero-order valence-electron chi connectivity index (χ0n) is 19.4. The molecule has 176 valence electrons. The number of rotatable bonds is 8. The van der Waals surface area contributed by atoms with Crippen LogP contribution in [0.15, 0.2) is 48.6 Å². The Morgan fingerprint density at radius 3 is 2.55 bits per heavy atom. The Morgan fingerprint density at radius 2 is 1.88 bits per heavy atom. The quantitative estimate of drug-likeness (QED) is 0.559. The first kappa shape index (κ1) is 23.4. The van der Waals surface area contributed by atoms with Gasteiger partial charge in [0.1, 0.15) is 18.5 Å². The zero-order valence-corrected chi connectivity index (χ0v) is 19.4. The molecule has 6 heteroatoms. The van der Waals surface area contributed by atoms with Gasteiger partial charge in [0.25, 0.3) is 0 Å². The topological polar surface area (TPSA) is 64.4 Å². The Balaban J connectivity index is 1.52. The van der Waals surface area contributed by atoms with E-state index in [0.29, 0.717) is 18.4 Å². The molecule has 2 aromatic rings. The minimum absolute atomic E-state index is 0.169. The molecule has 2 atom stereocenters. The Morgan fingerprint density at radius 1 is 1.18 bits per heavy atom. The first-order chi connectivity index (χ1) is 15.9. The molecule has 4 rings (SSSR count). The third-order valence-corrected chi connectivity index (χ3v) is 6.92. The Kier molecular flexibility index (Phi) is 7.43. The van der Waals surface area contributed by atoms with E-state index in [1.807, 2.05) is 37.3 Å². The number of carboxylic acid groups (broad SMARTS) is 1. The van der Waals surface area contributed by atoms with Crippen molar-refractivity contribution in [2.24, 2.45) is 17.8 Å². The van der Waals surface area contributed by atoms with Crippen LogP contribution in [0.3, 0.4) is 0 Å². The van der Waals surface area contributed by atoms with Gasteiger partial charge in [0.15, 0.2) is 0 Å². The second kappa shape index (κ2) is 10.5. The van der Waals surface area contributed by atoms with Gasteiger partial charge in [-0.2, -0.15) is 5.10 Å². The van der Waals surface area contributed by atoms with Gasteiger partial charge in [-0.3, -0.25) is 4.68 Å². The summed E-state index contributed by atoms with van der Waals surface area (Å²) in [5.74, 6) is -0.122. The summed E-state index contributed by atoms with van der Waals surface area (Å²) in [6, 6.07) is 10.3. The second-order valence-electron chi connectivity index (χ2n) is 9.44. The number of allylic oxidation sites excluding steroid dienone is 4. The molecule has 0 saturated heterocycles. The van der Waals surface area contributed by atoms with Crippen LogP contribution < -0.4 is 0 Å². The first-order valence-electron chi connectivity index (χ1n) is 11.9. The van der Waals surface area contributed by atoms with Crippen molar-refractivity contribution in [3.63, 3.8) is 0 Å². The van der Waals surface area contributed by atoms with Crippen LogP contribution in [-0.2, 0) is 16.1 Å². The number of carboxylic acids is 1. The number of hydrogen-bond donors (Lipinski definition) is 1. The van der Waals surface area contributed by atoms with E-state index in [9.17, 15) is 9.18 Å². The van der Waals surface area contributed by atoms with E-state index in [1.54, 1.807) is 6.08 Å². The predicted molar refractivity (Wildman–Crippen MR) is 127 cm³/mol. The molecule has 1 aromatic carbocycles. The molecule has 33 heavy (non-hydrogen) atoms. The third kappa shape index (κ3) is 5.61. The average Bonchev–Trinajstić information content (AvgIpc) is 3.13.